The Morgan fingerprint density at radius 3 is 2.85 bits per heavy atom. The molecule has 112 valence electrons. The van der Waals surface area contributed by atoms with E-state index in [1.54, 1.807) is 0 Å². The summed E-state index contributed by atoms with van der Waals surface area (Å²) in [5.41, 5.74) is 1.10. The maximum atomic E-state index is 11.4. The highest BCUT2D eigenvalue weighted by Crippen LogP contribution is 2.23. The summed E-state index contributed by atoms with van der Waals surface area (Å²) in [6.45, 7) is 6.84. The topological polar surface area (TPSA) is 50.4 Å². The minimum absolute atomic E-state index is 0.0234. The van der Waals surface area contributed by atoms with Gasteiger partial charge in [0.05, 0.1) is 13.0 Å². The summed E-state index contributed by atoms with van der Waals surface area (Å²) in [4.78, 5) is 11.4. The van der Waals surface area contributed by atoms with Gasteiger partial charge in [-0.2, -0.15) is 0 Å². The lowest BCUT2D eigenvalue weighted by atomic mass is 10.2. The minimum atomic E-state index is 0.0234. The number of ether oxygens (including phenoxy) is 1. The molecule has 0 spiro atoms. The third-order valence-corrected chi connectivity index (χ3v) is 3.22. The van der Waals surface area contributed by atoms with Crippen molar-refractivity contribution in [3.05, 3.63) is 28.2 Å². The predicted octanol–water partition coefficient (Wildman–Crippen LogP) is 2.85. The summed E-state index contributed by atoms with van der Waals surface area (Å²) in [6.07, 6.45) is 1.48. The first-order chi connectivity index (χ1) is 9.67. The molecule has 5 heteroatoms. The fourth-order valence-corrected chi connectivity index (χ4v) is 2.17. The number of benzene rings is 1. The minimum Gasteiger partial charge on any atom is -0.493 e. The van der Waals surface area contributed by atoms with Gasteiger partial charge >= 0.3 is 0 Å². The van der Waals surface area contributed by atoms with Gasteiger partial charge in [0.2, 0.25) is 5.91 Å². The average molecular weight is 343 g/mol. The fourth-order valence-electron chi connectivity index (χ4n) is 1.77. The van der Waals surface area contributed by atoms with E-state index in [4.69, 9.17) is 4.74 Å². The quantitative estimate of drug-likeness (QED) is 0.678. The molecule has 2 N–H and O–H groups in total. The third kappa shape index (κ3) is 6.39. The standard InChI is InChI=1S/C15H23BrN2O2/c1-3-8-17-11-12-10-13(16)5-6-14(12)20-9-7-15(19)18-4-2/h5-6,10,17H,3-4,7-9,11H2,1-2H3,(H,18,19). The van der Waals surface area contributed by atoms with E-state index in [-0.39, 0.29) is 5.91 Å². The van der Waals surface area contributed by atoms with E-state index in [2.05, 4.69) is 33.5 Å². The molecular weight excluding hydrogens is 320 g/mol. The van der Waals surface area contributed by atoms with Gasteiger partial charge in [0.15, 0.2) is 0 Å². The molecule has 0 radical (unpaired) electrons. The van der Waals surface area contributed by atoms with Crippen molar-refractivity contribution >= 4 is 21.8 Å². The number of hydrogen-bond acceptors (Lipinski definition) is 3. The number of carbonyl (C=O) groups is 1. The Morgan fingerprint density at radius 2 is 2.15 bits per heavy atom. The van der Waals surface area contributed by atoms with Gasteiger partial charge in [-0.15, -0.1) is 0 Å². The highest BCUT2D eigenvalue weighted by molar-refractivity contribution is 9.10. The van der Waals surface area contributed by atoms with Gasteiger partial charge in [0.25, 0.3) is 0 Å². The predicted molar refractivity (Wildman–Crippen MR) is 84.9 cm³/mol. The lowest BCUT2D eigenvalue weighted by molar-refractivity contribution is -0.121. The summed E-state index contributed by atoms with van der Waals surface area (Å²) < 4.78 is 6.75. The van der Waals surface area contributed by atoms with Crippen LogP contribution in [-0.4, -0.2) is 25.6 Å². The Hall–Kier alpha value is -1.07. The van der Waals surface area contributed by atoms with Crippen LogP contribution >= 0.6 is 15.9 Å². The first-order valence-electron chi connectivity index (χ1n) is 7.06. The summed E-state index contributed by atoms with van der Waals surface area (Å²) in [5, 5.41) is 6.12. The van der Waals surface area contributed by atoms with Crippen LogP contribution in [-0.2, 0) is 11.3 Å². The van der Waals surface area contributed by atoms with Crippen molar-refractivity contribution < 1.29 is 9.53 Å². The smallest absolute Gasteiger partial charge is 0.223 e. The molecule has 0 unspecified atom stereocenters. The summed E-state index contributed by atoms with van der Waals surface area (Å²) >= 11 is 3.47. The molecule has 0 aliphatic heterocycles. The second-order valence-electron chi connectivity index (χ2n) is 4.48. The Bertz CT molecular complexity index is 424. The molecule has 0 aliphatic rings. The van der Waals surface area contributed by atoms with Crippen molar-refractivity contribution in [2.24, 2.45) is 0 Å². The van der Waals surface area contributed by atoms with Crippen molar-refractivity contribution in [2.75, 3.05) is 19.7 Å². The molecule has 1 rings (SSSR count). The van der Waals surface area contributed by atoms with E-state index in [0.717, 1.165) is 35.3 Å². The van der Waals surface area contributed by atoms with E-state index in [9.17, 15) is 4.79 Å². The number of rotatable bonds is 9. The molecule has 0 fully saturated rings. The maximum absolute atomic E-state index is 11.4. The first-order valence-corrected chi connectivity index (χ1v) is 7.85. The summed E-state index contributed by atoms with van der Waals surface area (Å²) in [5.74, 6) is 0.858. The van der Waals surface area contributed by atoms with Gasteiger partial charge in [-0.05, 0) is 38.1 Å². The molecule has 4 nitrogen and oxygen atoms in total. The Balaban J connectivity index is 2.52. The van der Waals surface area contributed by atoms with Gasteiger partial charge in [0, 0.05) is 23.1 Å². The summed E-state index contributed by atoms with van der Waals surface area (Å²) in [6, 6.07) is 5.93. The highest BCUT2D eigenvalue weighted by atomic mass is 79.9. The number of carbonyl (C=O) groups excluding carboxylic acids is 1. The van der Waals surface area contributed by atoms with Gasteiger partial charge in [-0.25, -0.2) is 0 Å². The van der Waals surface area contributed by atoms with Crippen LogP contribution in [0.4, 0.5) is 0 Å². The second kappa shape index (κ2) is 9.77. The van der Waals surface area contributed by atoms with E-state index in [1.165, 1.54) is 0 Å². The lowest BCUT2D eigenvalue weighted by Crippen LogP contribution is -2.24. The molecule has 1 aromatic carbocycles. The van der Waals surface area contributed by atoms with Crippen molar-refractivity contribution in [1.29, 1.82) is 0 Å². The van der Waals surface area contributed by atoms with E-state index >= 15 is 0 Å². The number of halogens is 1. The number of nitrogens with one attached hydrogen (secondary N) is 2. The third-order valence-electron chi connectivity index (χ3n) is 2.73. The molecule has 0 aliphatic carbocycles. The molecule has 20 heavy (non-hydrogen) atoms. The monoisotopic (exact) mass is 342 g/mol. The molecule has 0 aromatic heterocycles. The van der Waals surface area contributed by atoms with Crippen LogP contribution < -0.4 is 15.4 Å². The first kappa shape index (κ1) is 17.0. The number of hydrogen-bond donors (Lipinski definition) is 2. The van der Waals surface area contributed by atoms with Gasteiger partial charge in [-0.3, -0.25) is 4.79 Å². The zero-order valence-electron chi connectivity index (χ0n) is 12.2. The fraction of sp³-hybridized carbons (Fsp3) is 0.533. The molecule has 0 saturated heterocycles. The SMILES string of the molecule is CCCNCc1cc(Br)ccc1OCCC(=O)NCC. The molecule has 0 heterocycles. The van der Waals surface area contributed by atoms with Crippen LogP contribution in [0.25, 0.3) is 0 Å². The van der Waals surface area contributed by atoms with Gasteiger partial charge in [0.1, 0.15) is 5.75 Å². The molecular formula is C15H23BrN2O2. The molecule has 1 amide bonds. The lowest BCUT2D eigenvalue weighted by Gasteiger charge is -2.12. The number of amides is 1. The van der Waals surface area contributed by atoms with Gasteiger partial charge < -0.3 is 15.4 Å². The molecule has 0 saturated carbocycles. The Morgan fingerprint density at radius 1 is 1.35 bits per heavy atom. The Kier molecular flexibility index (Phi) is 8.30. The normalized spacial score (nSPS) is 10.3. The van der Waals surface area contributed by atoms with Crippen LogP contribution in [0.5, 0.6) is 5.75 Å². The highest BCUT2D eigenvalue weighted by Gasteiger charge is 2.06. The van der Waals surface area contributed by atoms with Crippen LogP contribution in [0.1, 0.15) is 32.3 Å². The largest absolute Gasteiger partial charge is 0.493 e. The zero-order chi connectivity index (χ0) is 14.8. The van der Waals surface area contributed by atoms with Crippen LogP contribution in [0.15, 0.2) is 22.7 Å². The van der Waals surface area contributed by atoms with Crippen LogP contribution in [0.3, 0.4) is 0 Å². The van der Waals surface area contributed by atoms with E-state index < -0.39 is 0 Å². The van der Waals surface area contributed by atoms with Crippen molar-refractivity contribution in [3.8, 4) is 5.75 Å². The van der Waals surface area contributed by atoms with Crippen molar-refractivity contribution in [1.82, 2.24) is 10.6 Å². The average Bonchev–Trinajstić information content (AvgIpc) is 2.42. The van der Waals surface area contributed by atoms with Crippen LogP contribution in [0, 0.1) is 0 Å². The molecule has 0 atom stereocenters. The zero-order valence-corrected chi connectivity index (χ0v) is 13.8. The molecule has 0 bridgehead atoms. The van der Waals surface area contributed by atoms with Crippen molar-refractivity contribution in [3.63, 3.8) is 0 Å². The van der Waals surface area contributed by atoms with Gasteiger partial charge in [-0.1, -0.05) is 22.9 Å². The second-order valence-corrected chi connectivity index (χ2v) is 5.40. The van der Waals surface area contributed by atoms with E-state index in [1.807, 2.05) is 25.1 Å². The molecule has 1 aromatic rings. The van der Waals surface area contributed by atoms with E-state index in [0.29, 0.717) is 19.6 Å². The Labute approximate surface area is 129 Å². The summed E-state index contributed by atoms with van der Waals surface area (Å²) in [7, 11) is 0. The van der Waals surface area contributed by atoms with Crippen LogP contribution in [0.2, 0.25) is 0 Å². The maximum Gasteiger partial charge on any atom is 0.223 e. The van der Waals surface area contributed by atoms with Crippen molar-refractivity contribution in [2.45, 2.75) is 33.2 Å².